The lowest BCUT2D eigenvalue weighted by Gasteiger charge is -2.28. The van der Waals surface area contributed by atoms with Crippen molar-refractivity contribution in [3.8, 4) is 0 Å². The van der Waals surface area contributed by atoms with Crippen LogP contribution in [0.1, 0.15) is 49.5 Å². The van der Waals surface area contributed by atoms with Crippen LogP contribution < -0.4 is 11.1 Å². The summed E-state index contributed by atoms with van der Waals surface area (Å²) in [5.74, 6) is 0.540. The Kier molecular flexibility index (Phi) is 4.96. The van der Waals surface area contributed by atoms with E-state index in [1.165, 1.54) is 32.1 Å². The van der Waals surface area contributed by atoms with Crippen LogP contribution in [0.4, 0.5) is 0 Å². The highest BCUT2D eigenvalue weighted by atomic mass is 16.2. The Bertz CT molecular complexity index is 409. The van der Waals surface area contributed by atoms with Gasteiger partial charge in [0, 0.05) is 25.3 Å². The second kappa shape index (κ2) is 6.70. The zero-order valence-electron chi connectivity index (χ0n) is 11.6. The fraction of sp³-hybridized carbons (Fsp3) is 0.714. The van der Waals surface area contributed by atoms with E-state index in [1.54, 1.807) is 12.5 Å². The molecule has 1 aromatic heterocycles. The summed E-state index contributed by atoms with van der Waals surface area (Å²) in [5, 5.41) is 3.08. The lowest BCUT2D eigenvalue weighted by molar-refractivity contribution is 0.0914. The molecule has 1 aromatic rings. The summed E-state index contributed by atoms with van der Waals surface area (Å²) in [6.07, 6.45) is 9.78. The second-order valence-corrected chi connectivity index (χ2v) is 5.45. The van der Waals surface area contributed by atoms with Crippen LogP contribution in [0.15, 0.2) is 12.5 Å². The Morgan fingerprint density at radius 2 is 2.26 bits per heavy atom. The lowest BCUT2D eigenvalue weighted by Crippen LogP contribution is -2.39. The fourth-order valence-corrected chi connectivity index (χ4v) is 2.78. The third-order valence-electron chi connectivity index (χ3n) is 3.97. The van der Waals surface area contributed by atoms with Crippen molar-refractivity contribution < 1.29 is 4.79 Å². The third-order valence-corrected chi connectivity index (χ3v) is 3.97. The number of carbonyl (C=O) groups excluding carboxylic acids is 1. The van der Waals surface area contributed by atoms with Gasteiger partial charge in [-0.2, -0.15) is 0 Å². The first-order valence-electron chi connectivity index (χ1n) is 7.23. The molecule has 0 unspecified atom stereocenters. The van der Waals surface area contributed by atoms with E-state index in [0.29, 0.717) is 24.7 Å². The molecule has 1 saturated carbocycles. The summed E-state index contributed by atoms with van der Waals surface area (Å²) < 4.78 is 1.85. The molecule has 0 bridgehead atoms. The van der Waals surface area contributed by atoms with Gasteiger partial charge in [0.1, 0.15) is 5.69 Å². The number of nitrogens with one attached hydrogen (secondary N) is 1. The van der Waals surface area contributed by atoms with Crippen molar-refractivity contribution in [2.75, 3.05) is 6.54 Å². The van der Waals surface area contributed by atoms with Gasteiger partial charge in [0.2, 0.25) is 0 Å². The van der Waals surface area contributed by atoms with Gasteiger partial charge in [-0.1, -0.05) is 19.3 Å². The highest BCUT2D eigenvalue weighted by Gasteiger charge is 2.22. The SMILES string of the molecule is C[C@H](NC(=O)c1cn(CCN)cn1)C1CCCCC1. The molecule has 3 N–H and O–H groups in total. The van der Waals surface area contributed by atoms with E-state index in [1.807, 2.05) is 4.57 Å². The number of nitrogens with zero attached hydrogens (tertiary/aromatic N) is 2. The number of nitrogens with two attached hydrogens (primary N) is 1. The molecular weight excluding hydrogens is 240 g/mol. The minimum atomic E-state index is -0.0751. The molecule has 1 amide bonds. The van der Waals surface area contributed by atoms with Crippen LogP contribution >= 0.6 is 0 Å². The average molecular weight is 264 g/mol. The number of hydrogen-bond acceptors (Lipinski definition) is 3. The molecule has 0 aliphatic heterocycles. The quantitative estimate of drug-likeness (QED) is 0.847. The molecule has 1 heterocycles. The van der Waals surface area contributed by atoms with Crippen LogP contribution in [0.25, 0.3) is 0 Å². The summed E-state index contributed by atoms with van der Waals surface area (Å²) >= 11 is 0. The highest BCUT2D eigenvalue weighted by Crippen LogP contribution is 2.26. The summed E-state index contributed by atoms with van der Waals surface area (Å²) in [6, 6.07) is 0.229. The number of carbonyl (C=O) groups is 1. The van der Waals surface area contributed by atoms with Gasteiger partial charge in [-0.3, -0.25) is 4.79 Å². The molecule has 1 fully saturated rings. The Hall–Kier alpha value is -1.36. The largest absolute Gasteiger partial charge is 0.348 e. The van der Waals surface area contributed by atoms with E-state index in [0.717, 1.165) is 0 Å². The Balaban J connectivity index is 1.88. The molecule has 106 valence electrons. The van der Waals surface area contributed by atoms with Gasteiger partial charge in [-0.15, -0.1) is 0 Å². The van der Waals surface area contributed by atoms with E-state index in [2.05, 4.69) is 17.2 Å². The molecule has 2 rings (SSSR count). The Morgan fingerprint density at radius 3 is 2.95 bits per heavy atom. The van der Waals surface area contributed by atoms with Crippen molar-refractivity contribution in [1.82, 2.24) is 14.9 Å². The lowest BCUT2D eigenvalue weighted by atomic mass is 9.84. The number of aromatic nitrogens is 2. The van der Waals surface area contributed by atoms with Crippen molar-refractivity contribution in [2.24, 2.45) is 11.7 Å². The van der Waals surface area contributed by atoms with E-state index in [4.69, 9.17) is 5.73 Å². The van der Waals surface area contributed by atoms with Crippen molar-refractivity contribution in [2.45, 2.75) is 51.6 Å². The predicted octanol–water partition coefficient (Wildman–Crippen LogP) is 1.54. The van der Waals surface area contributed by atoms with Crippen molar-refractivity contribution in [1.29, 1.82) is 0 Å². The first-order chi connectivity index (χ1) is 9.20. The van der Waals surface area contributed by atoms with Crippen LogP contribution in [-0.2, 0) is 6.54 Å². The van der Waals surface area contributed by atoms with Crippen LogP contribution in [0.5, 0.6) is 0 Å². The topological polar surface area (TPSA) is 72.9 Å². The van der Waals surface area contributed by atoms with Gasteiger partial charge in [-0.05, 0) is 25.7 Å². The summed E-state index contributed by atoms with van der Waals surface area (Å²) in [5.41, 5.74) is 5.96. The molecular formula is C14H24N4O. The minimum Gasteiger partial charge on any atom is -0.348 e. The van der Waals surface area contributed by atoms with E-state index >= 15 is 0 Å². The van der Waals surface area contributed by atoms with Crippen LogP contribution in [0.2, 0.25) is 0 Å². The molecule has 0 saturated heterocycles. The number of amides is 1. The summed E-state index contributed by atoms with van der Waals surface area (Å²) in [4.78, 5) is 16.2. The third kappa shape index (κ3) is 3.80. The first kappa shape index (κ1) is 14.1. The molecule has 19 heavy (non-hydrogen) atoms. The van der Waals surface area contributed by atoms with Gasteiger partial charge in [0.25, 0.3) is 5.91 Å². The van der Waals surface area contributed by atoms with E-state index in [-0.39, 0.29) is 11.9 Å². The molecule has 1 aliphatic rings. The Labute approximate surface area is 114 Å². The minimum absolute atomic E-state index is 0.0751. The molecule has 0 aromatic carbocycles. The fourth-order valence-electron chi connectivity index (χ4n) is 2.78. The molecule has 5 nitrogen and oxygen atoms in total. The van der Waals surface area contributed by atoms with Gasteiger partial charge in [0.05, 0.1) is 6.33 Å². The maximum absolute atomic E-state index is 12.1. The Morgan fingerprint density at radius 1 is 1.53 bits per heavy atom. The zero-order valence-corrected chi connectivity index (χ0v) is 11.6. The second-order valence-electron chi connectivity index (χ2n) is 5.45. The monoisotopic (exact) mass is 264 g/mol. The molecule has 0 radical (unpaired) electrons. The maximum atomic E-state index is 12.1. The van der Waals surface area contributed by atoms with Gasteiger partial charge < -0.3 is 15.6 Å². The van der Waals surface area contributed by atoms with Crippen LogP contribution in [-0.4, -0.2) is 28.0 Å². The van der Waals surface area contributed by atoms with Gasteiger partial charge >= 0.3 is 0 Å². The molecule has 5 heteroatoms. The van der Waals surface area contributed by atoms with Crippen molar-refractivity contribution >= 4 is 5.91 Å². The molecule has 0 spiro atoms. The predicted molar refractivity (Wildman–Crippen MR) is 74.8 cm³/mol. The number of hydrogen-bond donors (Lipinski definition) is 2. The molecule has 1 aliphatic carbocycles. The molecule has 1 atom stereocenters. The normalized spacial score (nSPS) is 18.2. The van der Waals surface area contributed by atoms with Gasteiger partial charge in [-0.25, -0.2) is 4.98 Å². The maximum Gasteiger partial charge on any atom is 0.271 e. The van der Waals surface area contributed by atoms with E-state index in [9.17, 15) is 4.79 Å². The smallest absolute Gasteiger partial charge is 0.271 e. The summed E-state index contributed by atoms with van der Waals surface area (Å²) in [6.45, 7) is 3.35. The summed E-state index contributed by atoms with van der Waals surface area (Å²) in [7, 11) is 0. The number of imidazole rings is 1. The number of rotatable bonds is 5. The van der Waals surface area contributed by atoms with Crippen LogP contribution in [0.3, 0.4) is 0 Å². The van der Waals surface area contributed by atoms with Crippen LogP contribution in [0, 0.1) is 5.92 Å². The van der Waals surface area contributed by atoms with E-state index < -0.39 is 0 Å². The zero-order chi connectivity index (χ0) is 13.7. The highest BCUT2D eigenvalue weighted by molar-refractivity contribution is 5.92. The average Bonchev–Trinajstić information content (AvgIpc) is 2.89. The standard InChI is InChI=1S/C14H24N4O/c1-11(12-5-3-2-4-6-12)17-14(19)13-9-18(8-7-15)10-16-13/h9-12H,2-8,15H2,1H3,(H,17,19)/t11-/m0/s1. The van der Waals surface area contributed by atoms with Gasteiger partial charge in [0.15, 0.2) is 0 Å². The first-order valence-corrected chi connectivity index (χ1v) is 7.23. The van der Waals surface area contributed by atoms with Crippen molar-refractivity contribution in [3.05, 3.63) is 18.2 Å². The van der Waals surface area contributed by atoms with Crippen molar-refractivity contribution in [3.63, 3.8) is 0 Å².